The monoisotopic (exact) mass is 213 g/mol. The van der Waals surface area contributed by atoms with E-state index in [2.05, 4.69) is 0 Å². The predicted octanol–water partition coefficient (Wildman–Crippen LogP) is -0.430. The van der Waals surface area contributed by atoms with Crippen molar-refractivity contribution in [1.82, 2.24) is 0 Å². The number of hydrogen-bond acceptors (Lipinski definition) is 3. The Morgan fingerprint density at radius 2 is 1.87 bits per heavy atom. The van der Waals surface area contributed by atoms with Crippen molar-refractivity contribution in [2.75, 3.05) is 0 Å². The molecule has 0 unspecified atom stereocenters. The number of rotatable bonds is 1. The number of nitrogens with zero attached hydrogens (tertiary/aromatic N) is 1. The van der Waals surface area contributed by atoms with E-state index in [9.17, 15) is 15.2 Å². The molecule has 2 aromatic rings. The van der Waals surface area contributed by atoms with Gasteiger partial charge in [0, 0.05) is 0 Å². The fourth-order valence-corrected chi connectivity index (χ4v) is 1.44. The van der Waals surface area contributed by atoms with E-state index in [0.717, 1.165) is 5.39 Å². The zero-order valence-corrected chi connectivity index (χ0v) is 10.2. The third-order valence-corrected chi connectivity index (χ3v) is 2.06. The second kappa shape index (κ2) is 4.61. The number of phenolic OH excluding ortho intramolecular Hbond substituents is 1. The molecule has 4 nitrogen and oxygen atoms in total. The Hall–Kier alpha value is -1.10. The SMILES string of the molecule is O=[N+]([O-])c1c(O)ccc2ccccc12.[H-].[Na+]. The molecule has 0 heterocycles. The van der Waals surface area contributed by atoms with Gasteiger partial charge in [0.05, 0.1) is 10.3 Å². The molecule has 0 aliphatic heterocycles. The molecule has 5 heteroatoms. The van der Waals surface area contributed by atoms with Gasteiger partial charge in [0.25, 0.3) is 0 Å². The average Bonchev–Trinajstić information content (AvgIpc) is 2.17. The van der Waals surface area contributed by atoms with Gasteiger partial charge < -0.3 is 6.53 Å². The molecular weight excluding hydrogens is 205 g/mol. The van der Waals surface area contributed by atoms with E-state index in [-0.39, 0.29) is 42.4 Å². The third kappa shape index (κ3) is 2.12. The van der Waals surface area contributed by atoms with Gasteiger partial charge in [-0.2, -0.15) is 0 Å². The number of hydrogen-bond donors (Lipinski definition) is 1. The minimum absolute atomic E-state index is 0. The van der Waals surface area contributed by atoms with E-state index in [1.165, 1.54) is 6.07 Å². The normalized spacial score (nSPS) is 9.60. The molecule has 0 saturated carbocycles. The summed E-state index contributed by atoms with van der Waals surface area (Å²) in [7, 11) is 0. The van der Waals surface area contributed by atoms with Crippen LogP contribution in [-0.4, -0.2) is 10.0 Å². The van der Waals surface area contributed by atoms with Crippen molar-refractivity contribution >= 4 is 16.5 Å². The molecule has 2 aromatic carbocycles. The van der Waals surface area contributed by atoms with Gasteiger partial charge in [-0.1, -0.05) is 24.3 Å². The largest absolute Gasteiger partial charge is 1.00 e. The molecule has 0 fully saturated rings. The maximum Gasteiger partial charge on any atom is 1.00 e. The Morgan fingerprint density at radius 3 is 2.53 bits per heavy atom. The smallest absolute Gasteiger partial charge is 1.00 e. The van der Waals surface area contributed by atoms with Crippen LogP contribution in [0.2, 0.25) is 0 Å². The second-order valence-electron chi connectivity index (χ2n) is 2.91. The van der Waals surface area contributed by atoms with Crippen molar-refractivity contribution in [2.24, 2.45) is 0 Å². The first-order chi connectivity index (χ1) is 6.70. The van der Waals surface area contributed by atoms with Crippen LogP contribution in [0.15, 0.2) is 36.4 Å². The fraction of sp³-hybridized carbons (Fsp3) is 0. The van der Waals surface area contributed by atoms with Gasteiger partial charge in [-0.15, -0.1) is 0 Å². The Labute approximate surface area is 109 Å². The molecule has 0 aliphatic carbocycles. The molecule has 0 spiro atoms. The van der Waals surface area contributed by atoms with Crippen LogP contribution in [0.3, 0.4) is 0 Å². The first-order valence-electron chi connectivity index (χ1n) is 4.05. The maximum atomic E-state index is 10.7. The molecule has 0 atom stereocenters. The predicted molar refractivity (Wildman–Crippen MR) is 53.4 cm³/mol. The van der Waals surface area contributed by atoms with Crippen LogP contribution < -0.4 is 29.6 Å². The number of fused-ring (bicyclic) bond motifs is 1. The Kier molecular flexibility index (Phi) is 3.68. The molecule has 15 heavy (non-hydrogen) atoms. The first-order valence-corrected chi connectivity index (χ1v) is 4.05. The quantitative estimate of drug-likeness (QED) is 0.397. The van der Waals surface area contributed by atoms with E-state index in [1.54, 1.807) is 30.3 Å². The van der Waals surface area contributed by atoms with Crippen LogP contribution in [0.1, 0.15) is 1.43 Å². The summed E-state index contributed by atoms with van der Waals surface area (Å²) in [6.07, 6.45) is 0. The van der Waals surface area contributed by atoms with Crippen molar-refractivity contribution in [1.29, 1.82) is 0 Å². The van der Waals surface area contributed by atoms with Gasteiger partial charge in [-0.25, -0.2) is 0 Å². The van der Waals surface area contributed by atoms with E-state index in [0.29, 0.717) is 5.39 Å². The number of aromatic hydroxyl groups is 1. The van der Waals surface area contributed by atoms with E-state index < -0.39 is 4.92 Å². The second-order valence-corrected chi connectivity index (χ2v) is 2.91. The number of nitro groups is 1. The van der Waals surface area contributed by atoms with Gasteiger partial charge in [-0.3, -0.25) is 10.1 Å². The summed E-state index contributed by atoms with van der Waals surface area (Å²) in [5.74, 6) is -0.297. The Morgan fingerprint density at radius 1 is 1.20 bits per heavy atom. The van der Waals surface area contributed by atoms with Crippen LogP contribution in [0.25, 0.3) is 10.8 Å². The molecule has 0 aliphatic rings. The number of benzene rings is 2. The summed E-state index contributed by atoms with van der Waals surface area (Å²) in [6.45, 7) is 0. The van der Waals surface area contributed by atoms with Gasteiger partial charge in [0.1, 0.15) is 0 Å². The maximum absolute atomic E-state index is 10.7. The van der Waals surface area contributed by atoms with Crippen LogP contribution in [0.4, 0.5) is 5.69 Å². The molecule has 0 bridgehead atoms. The van der Waals surface area contributed by atoms with Gasteiger partial charge in [-0.05, 0) is 17.5 Å². The van der Waals surface area contributed by atoms with Gasteiger partial charge >= 0.3 is 35.2 Å². The molecule has 0 radical (unpaired) electrons. The van der Waals surface area contributed by atoms with Crippen molar-refractivity contribution in [3.8, 4) is 5.75 Å². The first kappa shape index (κ1) is 12.0. The molecule has 0 saturated heterocycles. The van der Waals surface area contributed by atoms with Crippen molar-refractivity contribution < 1.29 is 41.0 Å². The van der Waals surface area contributed by atoms with E-state index in [1.807, 2.05) is 0 Å². The van der Waals surface area contributed by atoms with E-state index in [4.69, 9.17) is 0 Å². The molecule has 72 valence electrons. The topological polar surface area (TPSA) is 63.4 Å². The Balaban J connectivity index is 0.00000112. The molecule has 0 aromatic heterocycles. The summed E-state index contributed by atoms with van der Waals surface area (Å²) < 4.78 is 0. The zero-order chi connectivity index (χ0) is 10.1. The third-order valence-electron chi connectivity index (χ3n) is 2.06. The molecule has 1 N–H and O–H groups in total. The molecule has 0 amide bonds. The van der Waals surface area contributed by atoms with E-state index >= 15 is 0 Å². The number of nitro benzene ring substituents is 1. The standard InChI is InChI=1S/C10H7NO3.Na.H/c12-9-6-5-7-3-1-2-4-8(7)10(9)11(13)14;;/h1-6,12H;;/q;+1;-1. The summed E-state index contributed by atoms with van der Waals surface area (Å²) in [5, 5.41) is 21.2. The van der Waals surface area contributed by atoms with Crippen LogP contribution in [-0.2, 0) is 0 Å². The summed E-state index contributed by atoms with van der Waals surface area (Å²) >= 11 is 0. The van der Waals surface area contributed by atoms with Gasteiger partial charge in [0.2, 0.25) is 0 Å². The van der Waals surface area contributed by atoms with Crippen molar-refractivity contribution in [3.05, 3.63) is 46.5 Å². The van der Waals surface area contributed by atoms with Gasteiger partial charge in [0.15, 0.2) is 5.75 Å². The van der Waals surface area contributed by atoms with Crippen molar-refractivity contribution in [3.63, 3.8) is 0 Å². The average molecular weight is 213 g/mol. The van der Waals surface area contributed by atoms with Crippen LogP contribution in [0.5, 0.6) is 5.75 Å². The molecular formula is C10H8NNaO3. The zero-order valence-electron chi connectivity index (χ0n) is 9.18. The minimum atomic E-state index is -0.572. The summed E-state index contributed by atoms with van der Waals surface area (Å²) in [5.41, 5.74) is -0.233. The van der Waals surface area contributed by atoms with Crippen molar-refractivity contribution in [2.45, 2.75) is 0 Å². The van der Waals surface area contributed by atoms with Crippen LogP contribution >= 0.6 is 0 Å². The van der Waals surface area contributed by atoms with Crippen LogP contribution in [0, 0.1) is 10.1 Å². The number of phenols is 1. The minimum Gasteiger partial charge on any atom is -1.00 e. The Bertz CT molecular complexity index is 518. The fourth-order valence-electron chi connectivity index (χ4n) is 1.44. The molecule has 2 rings (SSSR count). The summed E-state index contributed by atoms with van der Waals surface area (Å²) in [4.78, 5) is 10.1. The summed E-state index contributed by atoms with van der Waals surface area (Å²) in [6, 6.07) is 9.87.